The Bertz CT molecular complexity index is 728. The summed E-state index contributed by atoms with van der Waals surface area (Å²) < 4.78 is 0. The van der Waals surface area contributed by atoms with Gasteiger partial charge in [0, 0.05) is 24.9 Å². The Labute approximate surface area is 218 Å². The molecule has 1 aliphatic rings. The third-order valence-corrected chi connectivity index (χ3v) is 7.96. The number of unbranched alkanes of at least 4 members (excludes halogenated alkanes) is 14. The number of nitrogens with one attached hydrogen (secondary N) is 3. The summed E-state index contributed by atoms with van der Waals surface area (Å²) in [5.41, 5.74) is 1.87. The molecule has 1 aromatic rings. The minimum Gasteiger partial charge on any atom is -0.355 e. The zero-order valence-electron chi connectivity index (χ0n) is 22.2. The van der Waals surface area contributed by atoms with Gasteiger partial charge >= 0.3 is 0 Å². The number of thioether (sulfide) groups is 1. The summed E-state index contributed by atoms with van der Waals surface area (Å²) in [5.74, 6) is 0.785. The number of hydrogen-bond donors (Lipinski definition) is 3. The minimum atomic E-state index is -0.161. The van der Waals surface area contributed by atoms with E-state index in [1.54, 1.807) is 11.8 Å². The fourth-order valence-corrected chi connectivity index (χ4v) is 5.86. The van der Waals surface area contributed by atoms with E-state index in [1.807, 2.05) is 24.3 Å². The molecule has 1 saturated heterocycles. The zero-order valence-corrected chi connectivity index (χ0v) is 23.0. The molecular weight excluding hydrogens is 454 g/mol. The average Bonchev–Trinajstić information content (AvgIpc) is 3.34. The maximum atomic E-state index is 12.5. The third-order valence-electron chi connectivity index (χ3n) is 6.69. The molecule has 0 spiro atoms. The maximum Gasteiger partial charge on any atom is 0.238 e. The Balaban J connectivity index is 1.43. The molecule has 1 aliphatic heterocycles. The van der Waals surface area contributed by atoms with Crippen molar-refractivity contribution in [2.45, 2.75) is 122 Å². The van der Waals surface area contributed by atoms with Crippen LogP contribution < -0.4 is 16.0 Å². The molecule has 6 heteroatoms. The smallest absolute Gasteiger partial charge is 0.238 e. The number of amides is 2. The van der Waals surface area contributed by atoms with Gasteiger partial charge in [-0.2, -0.15) is 0 Å². The number of anilines is 1. The molecular formula is C29H49N3O2S. The lowest BCUT2D eigenvalue weighted by Crippen LogP contribution is -2.42. The molecule has 198 valence electrons. The first kappa shape index (κ1) is 29.7. The Morgan fingerprint density at radius 2 is 1.46 bits per heavy atom. The second-order valence-corrected chi connectivity index (χ2v) is 11.1. The first-order chi connectivity index (χ1) is 17.1. The van der Waals surface area contributed by atoms with Crippen molar-refractivity contribution in [3.8, 4) is 0 Å². The molecule has 0 bridgehead atoms. The predicted molar refractivity (Wildman–Crippen MR) is 151 cm³/mol. The van der Waals surface area contributed by atoms with Gasteiger partial charge in [0.1, 0.15) is 0 Å². The van der Waals surface area contributed by atoms with Gasteiger partial charge < -0.3 is 10.6 Å². The van der Waals surface area contributed by atoms with Crippen LogP contribution in [0, 0.1) is 0 Å². The van der Waals surface area contributed by atoms with E-state index in [9.17, 15) is 9.59 Å². The molecule has 2 rings (SSSR count). The summed E-state index contributed by atoms with van der Waals surface area (Å²) in [4.78, 5) is 23.8. The molecule has 3 N–H and O–H groups in total. The van der Waals surface area contributed by atoms with E-state index in [2.05, 4.69) is 22.9 Å². The number of hydrogen-bond acceptors (Lipinski definition) is 4. The Kier molecular flexibility index (Phi) is 15.9. The normalized spacial score (nSPS) is 17.4. The molecule has 1 heterocycles. The van der Waals surface area contributed by atoms with E-state index >= 15 is 0 Å². The number of rotatable bonds is 19. The van der Waals surface area contributed by atoms with Crippen LogP contribution in [0.5, 0.6) is 0 Å². The third kappa shape index (κ3) is 13.4. The Hall–Kier alpha value is -1.53. The minimum absolute atomic E-state index is 0.0743. The highest BCUT2D eigenvalue weighted by Crippen LogP contribution is 2.33. The van der Waals surface area contributed by atoms with Gasteiger partial charge in [0.2, 0.25) is 11.8 Å². The van der Waals surface area contributed by atoms with Crippen molar-refractivity contribution in [2.75, 3.05) is 17.6 Å². The van der Waals surface area contributed by atoms with E-state index in [0.717, 1.165) is 30.0 Å². The van der Waals surface area contributed by atoms with Crippen LogP contribution in [-0.4, -0.2) is 30.2 Å². The topological polar surface area (TPSA) is 70.2 Å². The van der Waals surface area contributed by atoms with E-state index in [-0.39, 0.29) is 23.2 Å². The fraction of sp³-hybridized carbons (Fsp3) is 0.724. The van der Waals surface area contributed by atoms with Gasteiger partial charge in [-0.05, 0) is 24.1 Å². The standard InChI is InChI=1S/C29H49N3O2S/c1-3-4-5-6-7-8-9-10-11-12-13-14-15-16-17-21-30-28(34)27-23-35-29(32-27)25-19-18-20-26(22-25)31-24(2)33/h18-20,22,27,29,32H,3-17,21,23H2,1-2H3,(H,30,34)(H,31,33)/t27-,29?/m0/s1. The lowest BCUT2D eigenvalue weighted by atomic mass is 10.0. The number of benzene rings is 1. The van der Waals surface area contributed by atoms with Gasteiger partial charge in [-0.25, -0.2) is 0 Å². The second-order valence-electron chi connectivity index (χ2n) is 9.98. The monoisotopic (exact) mass is 503 g/mol. The van der Waals surface area contributed by atoms with Crippen molar-refractivity contribution in [1.29, 1.82) is 0 Å². The summed E-state index contributed by atoms with van der Waals surface area (Å²) >= 11 is 1.74. The number of carbonyl (C=O) groups excluding carboxylic acids is 2. The maximum absolute atomic E-state index is 12.5. The van der Waals surface area contributed by atoms with Crippen molar-refractivity contribution in [3.63, 3.8) is 0 Å². The second kappa shape index (κ2) is 18.7. The molecule has 1 aromatic carbocycles. The van der Waals surface area contributed by atoms with Gasteiger partial charge in [0.25, 0.3) is 0 Å². The van der Waals surface area contributed by atoms with Crippen LogP contribution in [0.1, 0.15) is 121 Å². The molecule has 35 heavy (non-hydrogen) atoms. The first-order valence-corrected chi connectivity index (χ1v) is 15.2. The van der Waals surface area contributed by atoms with Crippen molar-refractivity contribution in [3.05, 3.63) is 29.8 Å². The molecule has 0 saturated carbocycles. The van der Waals surface area contributed by atoms with Crippen LogP contribution in [-0.2, 0) is 9.59 Å². The van der Waals surface area contributed by atoms with Gasteiger partial charge in [-0.1, -0.05) is 109 Å². The van der Waals surface area contributed by atoms with Gasteiger partial charge in [0.15, 0.2) is 0 Å². The SMILES string of the molecule is CCCCCCCCCCCCCCCCCNC(=O)[C@@H]1CSC(c2cccc(NC(C)=O)c2)N1. The number of carbonyl (C=O) groups is 2. The molecule has 0 radical (unpaired) electrons. The quantitative estimate of drug-likeness (QED) is 0.173. The summed E-state index contributed by atoms with van der Waals surface area (Å²) in [6.07, 6.45) is 20.3. The van der Waals surface area contributed by atoms with Crippen LogP contribution in [0.25, 0.3) is 0 Å². The van der Waals surface area contributed by atoms with Crippen molar-refractivity contribution in [2.24, 2.45) is 0 Å². The van der Waals surface area contributed by atoms with Crippen LogP contribution in [0.2, 0.25) is 0 Å². The average molecular weight is 504 g/mol. The van der Waals surface area contributed by atoms with Gasteiger partial charge in [-0.15, -0.1) is 11.8 Å². The fourth-order valence-electron chi connectivity index (χ4n) is 4.63. The lowest BCUT2D eigenvalue weighted by Gasteiger charge is -2.15. The molecule has 2 amide bonds. The molecule has 2 atom stereocenters. The van der Waals surface area contributed by atoms with E-state index in [1.165, 1.54) is 96.8 Å². The Morgan fingerprint density at radius 3 is 2.03 bits per heavy atom. The molecule has 0 aromatic heterocycles. The molecule has 1 fully saturated rings. The van der Waals surface area contributed by atoms with Crippen LogP contribution in [0.15, 0.2) is 24.3 Å². The summed E-state index contributed by atoms with van der Waals surface area (Å²) in [6, 6.07) is 7.66. The summed E-state index contributed by atoms with van der Waals surface area (Å²) in [5, 5.41) is 9.43. The van der Waals surface area contributed by atoms with Crippen molar-refractivity contribution in [1.82, 2.24) is 10.6 Å². The van der Waals surface area contributed by atoms with Crippen molar-refractivity contribution >= 4 is 29.3 Å². The van der Waals surface area contributed by atoms with E-state index in [4.69, 9.17) is 0 Å². The largest absolute Gasteiger partial charge is 0.355 e. The Morgan fingerprint density at radius 1 is 0.886 bits per heavy atom. The molecule has 1 unspecified atom stereocenters. The zero-order chi connectivity index (χ0) is 25.1. The summed E-state index contributed by atoms with van der Waals surface area (Å²) in [6.45, 7) is 4.55. The van der Waals surface area contributed by atoms with Crippen LogP contribution in [0.4, 0.5) is 5.69 Å². The first-order valence-electron chi connectivity index (χ1n) is 14.1. The van der Waals surface area contributed by atoms with Gasteiger partial charge in [0.05, 0.1) is 11.4 Å². The lowest BCUT2D eigenvalue weighted by molar-refractivity contribution is -0.122. The van der Waals surface area contributed by atoms with E-state index < -0.39 is 0 Å². The van der Waals surface area contributed by atoms with Crippen LogP contribution in [0.3, 0.4) is 0 Å². The predicted octanol–water partition coefficient (Wildman–Crippen LogP) is 7.34. The highest BCUT2D eigenvalue weighted by Gasteiger charge is 2.30. The highest BCUT2D eigenvalue weighted by molar-refractivity contribution is 7.99. The molecule has 0 aliphatic carbocycles. The molecule has 5 nitrogen and oxygen atoms in total. The van der Waals surface area contributed by atoms with Crippen molar-refractivity contribution < 1.29 is 9.59 Å². The highest BCUT2D eigenvalue weighted by atomic mass is 32.2. The van der Waals surface area contributed by atoms with E-state index in [0.29, 0.717) is 0 Å². The van der Waals surface area contributed by atoms with Gasteiger partial charge in [-0.3, -0.25) is 14.9 Å². The summed E-state index contributed by atoms with van der Waals surface area (Å²) in [7, 11) is 0. The van der Waals surface area contributed by atoms with Crippen LogP contribution >= 0.6 is 11.8 Å².